The average Bonchev–Trinajstić information content (AvgIpc) is 2.63. The van der Waals surface area contributed by atoms with Gasteiger partial charge in [0.15, 0.2) is 0 Å². The zero-order valence-corrected chi connectivity index (χ0v) is 15.1. The van der Waals surface area contributed by atoms with Crippen molar-refractivity contribution in [1.82, 2.24) is 0 Å². The van der Waals surface area contributed by atoms with Crippen molar-refractivity contribution in [1.29, 1.82) is 0 Å². The van der Waals surface area contributed by atoms with Crippen LogP contribution in [0.3, 0.4) is 0 Å². The smallest absolute Gasteiger partial charge is 0.310 e. The van der Waals surface area contributed by atoms with Crippen LogP contribution < -0.4 is 4.90 Å². The maximum absolute atomic E-state index is 13.8. The number of morpholine rings is 1. The van der Waals surface area contributed by atoms with Gasteiger partial charge in [0.05, 0.1) is 18.6 Å². The van der Waals surface area contributed by atoms with Crippen LogP contribution in [0, 0.1) is 11.2 Å². The number of carbonyl (C=O) groups is 1. The minimum absolute atomic E-state index is 0.362. The number of carboxylic acid groups (broad SMARTS) is 1. The van der Waals surface area contributed by atoms with Crippen molar-refractivity contribution in [3.8, 4) is 0 Å². The number of halogens is 1. The van der Waals surface area contributed by atoms with Crippen molar-refractivity contribution in [3.05, 3.63) is 65.5 Å². The molecule has 0 aliphatic carbocycles. The third-order valence-corrected chi connectivity index (χ3v) is 5.06. The van der Waals surface area contributed by atoms with E-state index in [1.54, 1.807) is 26.0 Å². The van der Waals surface area contributed by atoms with Gasteiger partial charge in [0, 0.05) is 24.7 Å². The van der Waals surface area contributed by atoms with Gasteiger partial charge in [-0.15, -0.1) is 0 Å². The van der Waals surface area contributed by atoms with E-state index in [4.69, 9.17) is 4.74 Å². The molecule has 1 saturated heterocycles. The van der Waals surface area contributed by atoms with Crippen LogP contribution in [0.25, 0.3) is 0 Å². The molecule has 1 unspecified atom stereocenters. The van der Waals surface area contributed by atoms with Crippen LogP contribution in [-0.4, -0.2) is 37.4 Å². The summed E-state index contributed by atoms with van der Waals surface area (Å²) in [5, 5.41) is 9.75. The van der Waals surface area contributed by atoms with Gasteiger partial charge >= 0.3 is 5.97 Å². The first-order chi connectivity index (χ1) is 12.4. The molecule has 1 fully saturated rings. The number of benzene rings is 2. The van der Waals surface area contributed by atoms with E-state index < -0.39 is 17.3 Å². The van der Waals surface area contributed by atoms with E-state index in [2.05, 4.69) is 4.90 Å². The highest BCUT2D eigenvalue weighted by atomic mass is 19.1. The van der Waals surface area contributed by atoms with Crippen molar-refractivity contribution in [2.45, 2.75) is 19.8 Å². The summed E-state index contributed by atoms with van der Waals surface area (Å²) in [6, 6.07) is 14.1. The summed E-state index contributed by atoms with van der Waals surface area (Å²) in [6.45, 7) is 6.46. The van der Waals surface area contributed by atoms with Crippen molar-refractivity contribution >= 4 is 11.7 Å². The molecule has 0 aromatic heterocycles. The summed E-state index contributed by atoms with van der Waals surface area (Å²) >= 11 is 0. The molecule has 0 bridgehead atoms. The Balaban J connectivity index is 1.97. The van der Waals surface area contributed by atoms with Gasteiger partial charge in [-0.3, -0.25) is 4.79 Å². The molecular weight excluding hydrogens is 333 g/mol. The van der Waals surface area contributed by atoms with E-state index in [-0.39, 0.29) is 5.82 Å². The zero-order valence-electron chi connectivity index (χ0n) is 15.1. The van der Waals surface area contributed by atoms with Crippen LogP contribution in [0.2, 0.25) is 0 Å². The normalized spacial score (nSPS) is 16.3. The van der Waals surface area contributed by atoms with Gasteiger partial charge in [-0.25, -0.2) is 4.39 Å². The fourth-order valence-corrected chi connectivity index (χ4v) is 3.53. The second-order valence-corrected chi connectivity index (χ2v) is 7.21. The van der Waals surface area contributed by atoms with E-state index in [1.165, 1.54) is 12.1 Å². The van der Waals surface area contributed by atoms with Crippen LogP contribution in [0.1, 0.15) is 30.9 Å². The van der Waals surface area contributed by atoms with Gasteiger partial charge in [0.1, 0.15) is 5.82 Å². The number of rotatable bonds is 5. The van der Waals surface area contributed by atoms with Gasteiger partial charge < -0.3 is 14.7 Å². The quantitative estimate of drug-likeness (QED) is 0.882. The summed E-state index contributed by atoms with van der Waals surface area (Å²) in [6.07, 6.45) is 0. The predicted octanol–water partition coefficient (Wildman–Crippen LogP) is 3.91. The number of carboxylic acids is 1. The summed E-state index contributed by atoms with van der Waals surface area (Å²) in [7, 11) is 0. The molecule has 2 aromatic carbocycles. The molecule has 4 nitrogen and oxygen atoms in total. The Hall–Kier alpha value is -2.40. The number of anilines is 1. The summed E-state index contributed by atoms with van der Waals surface area (Å²) < 4.78 is 19.2. The number of hydrogen-bond acceptors (Lipinski definition) is 3. The molecule has 1 N–H and O–H groups in total. The van der Waals surface area contributed by atoms with Gasteiger partial charge in [0.2, 0.25) is 0 Å². The highest BCUT2D eigenvalue weighted by molar-refractivity contribution is 5.76. The topological polar surface area (TPSA) is 49.8 Å². The molecule has 5 heteroatoms. The molecule has 0 amide bonds. The lowest BCUT2D eigenvalue weighted by Gasteiger charge is -2.32. The van der Waals surface area contributed by atoms with Crippen molar-refractivity contribution < 1.29 is 19.0 Å². The minimum atomic E-state index is -1.08. The van der Waals surface area contributed by atoms with Crippen molar-refractivity contribution in [3.63, 3.8) is 0 Å². The lowest BCUT2D eigenvalue weighted by atomic mass is 9.71. The third kappa shape index (κ3) is 3.73. The molecule has 26 heavy (non-hydrogen) atoms. The molecule has 1 aliphatic heterocycles. The van der Waals surface area contributed by atoms with E-state index in [9.17, 15) is 14.3 Å². The van der Waals surface area contributed by atoms with Crippen LogP contribution in [0.15, 0.2) is 48.5 Å². The Labute approximate surface area is 153 Å². The fourth-order valence-electron chi connectivity index (χ4n) is 3.53. The van der Waals surface area contributed by atoms with Gasteiger partial charge in [-0.1, -0.05) is 24.3 Å². The maximum atomic E-state index is 13.8. The number of ether oxygens (including phenoxy) is 1. The number of aliphatic carboxylic acids is 1. The Morgan fingerprint density at radius 1 is 1.12 bits per heavy atom. The van der Waals surface area contributed by atoms with Gasteiger partial charge in [-0.2, -0.15) is 0 Å². The SMILES string of the molecule is CC(C)(C(=O)O)C(c1ccc(N2CCOCC2)cc1)c1cccc(F)c1. The summed E-state index contributed by atoms with van der Waals surface area (Å²) in [4.78, 5) is 14.1. The monoisotopic (exact) mass is 357 g/mol. The zero-order chi connectivity index (χ0) is 18.7. The molecule has 1 heterocycles. The van der Waals surface area contributed by atoms with Crippen molar-refractivity contribution in [2.75, 3.05) is 31.2 Å². The molecule has 3 rings (SSSR count). The highest BCUT2D eigenvalue weighted by Gasteiger charge is 2.39. The standard InChI is InChI=1S/C21H24FNO3/c1-21(2,20(24)25)19(16-4-3-5-17(22)14-16)15-6-8-18(9-7-15)23-10-12-26-13-11-23/h3-9,14,19H,10-13H2,1-2H3,(H,24,25). The Morgan fingerprint density at radius 2 is 1.77 bits per heavy atom. The molecule has 0 spiro atoms. The van der Waals surface area contributed by atoms with Crippen molar-refractivity contribution in [2.24, 2.45) is 5.41 Å². The Kier molecular flexibility index (Phi) is 5.28. The van der Waals surface area contributed by atoms with E-state index >= 15 is 0 Å². The fraction of sp³-hybridized carbons (Fsp3) is 0.381. The molecular formula is C21H24FNO3. The predicted molar refractivity (Wildman–Crippen MR) is 99.1 cm³/mol. The number of nitrogens with zero attached hydrogens (tertiary/aromatic N) is 1. The van der Waals surface area contributed by atoms with E-state index in [0.717, 1.165) is 24.3 Å². The highest BCUT2D eigenvalue weighted by Crippen LogP contribution is 2.41. The third-order valence-electron chi connectivity index (χ3n) is 5.06. The Bertz CT molecular complexity index is 767. The van der Waals surface area contributed by atoms with Crippen LogP contribution >= 0.6 is 0 Å². The second kappa shape index (κ2) is 7.46. The summed E-state index contributed by atoms with van der Waals surface area (Å²) in [5.74, 6) is -1.72. The molecule has 0 radical (unpaired) electrons. The molecule has 138 valence electrons. The van der Waals surface area contributed by atoms with E-state index in [1.807, 2.05) is 24.3 Å². The summed E-state index contributed by atoms with van der Waals surface area (Å²) in [5.41, 5.74) is 1.54. The maximum Gasteiger partial charge on any atom is 0.310 e. The average molecular weight is 357 g/mol. The van der Waals surface area contributed by atoms with Crippen LogP contribution in [0.5, 0.6) is 0 Å². The molecule has 2 aromatic rings. The van der Waals surface area contributed by atoms with Gasteiger partial charge in [-0.05, 0) is 49.2 Å². The largest absolute Gasteiger partial charge is 0.481 e. The number of hydrogen-bond donors (Lipinski definition) is 1. The van der Waals surface area contributed by atoms with Gasteiger partial charge in [0.25, 0.3) is 0 Å². The second-order valence-electron chi connectivity index (χ2n) is 7.21. The lowest BCUT2D eigenvalue weighted by molar-refractivity contribution is -0.147. The first-order valence-electron chi connectivity index (χ1n) is 8.81. The molecule has 0 saturated carbocycles. The van der Waals surface area contributed by atoms with E-state index in [0.29, 0.717) is 18.8 Å². The molecule has 1 aliphatic rings. The minimum Gasteiger partial charge on any atom is -0.481 e. The molecule has 1 atom stereocenters. The first-order valence-corrected chi connectivity index (χ1v) is 8.81. The van der Waals surface area contributed by atoms with Crippen LogP contribution in [0.4, 0.5) is 10.1 Å². The lowest BCUT2D eigenvalue weighted by Crippen LogP contribution is -2.36. The Morgan fingerprint density at radius 3 is 2.35 bits per heavy atom. The van der Waals surface area contributed by atoms with Crippen LogP contribution in [-0.2, 0) is 9.53 Å². The first kappa shape index (κ1) is 18.4.